The summed E-state index contributed by atoms with van der Waals surface area (Å²) in [6.07, 6.45) is 7.28. The van der Waals surface area contributed by atoms with E-state index in [-0.39, 0.29) is 5.91 Å². The smallest absolute Gasteiger partial charge is 0.252 e. The van der Waals surface area contributed by atoms with E-state index in [1.54, 1.807) is 23.3 Å². The van der Waals surface area contributed by atoms with Crippen LogP contribution in [0.4, 0.5) is 0 Å². The molecule has 1 N–H and O–H groups in total. The molecule has 0 spiro atoms. The molecule has 3 aromatic rings. The lowest BCUT2D eigenvalue weighted by Gasteiger charge is -2.05. The highest BCUT2D eigenvalue weighted by Crippen LogP contribution is 2.18. The van der Waals surface area contributed by atoms with Gasteiger partial charge in [-0.05, 0) is 23.1 Å². The number of pyridine rings is 1. The van der Waals surface area contributed by atoms with Crippen molar-refractivity contribution in [3.63, 3.8) is 0 Å². The summed E-state index contributed by atoms with van der Waals surface area (Å²) in [6.45, 7) is 0.454. The van der Waals surface area contributed by atoms with Crippen LogP contribution in [0, 0.1) is 0 Å². The monoisotopic (exact) mass is 298 g/mol. The minimum absolute atomic E-state index is 0.0666. The van der Waals surface area contributed by atoms with E-state index in [0.717, 1.165) is 16.7 Å². The maximum atomic E-state index is 11.9. The van der Waals surface area contributed by atoms with Crippen LogP contribution >= 0.6 is 11.3 Å². The predicted molar refractivity (Wildman–Crippen MR) is 81.9 cm³/mol. The van der Waals surface area contributed by atoms with E-state index in [0.29, 0.717) is 12.1 Å². The summed E-state index contributed by atoms with van der Waals surface area (Å²) in [5.74, 6) is -0.0666. The average Bonchev–Trinajstić information content (AvgIpc) is 3.16. The molecule has 0 aromatic carbocycles. The lowest BCUT2D eigenvalue weighted by molar-refractivity contribution is 0.0951. The van der Waals surface area contributed by atoms with E-state index < -0.39 is 0 Å². The molecule has 0 radical (unpaired) electrons. The molecular formula is C15H14N4OS. The molecule has 0 bridgehead atoms. The van der Waals surface area contributed by atoms with Crippen LogP contribution in [0.1, 0.15) is 15.9 Å². The van der Waals surface area contributed by atoms with Crippen molar-refractivity contribution in [2.45, 2.75) is 6.54 Å². The third-order valence-corrected chi connectivity index (χ3v) is 3.75. The second-order valence-corrected chi connectivity index (χ2v) is 5.46. The highest BCUT2D eigenvalue weighted by molar-refractivity contribution is 7.08. The summed E-state index contributed by atoms with van der Waals surface area (Å²) in [7, 11) is 1.88. The number of carbonyl (C=O) groups excluding carboxylic acids is 1. The molecule has 3 heterocycles. The third kappa shape index (κ3) is 3.17. The van der Waals surface area contributed by atoms with Crippen LogP contribution in [-0.4, -0.2) is 20.7 Å². The molecule has 3 aromatic heterocycles. The topological polar surface area (TPSA) is 59.8 Å². The van der Waals surface area contributed by atoms with Crippen LogP contribution in [0.25, 0.3) is 11.1 Å². The van der Waals surface area contributed by atoms with Crippen LogP contribution in [0.3, 0.4) is 0 Å². The fourth-order valence-corrected chi connectivity index (χ4v) is 2.63. The zero-order valence-corrected chi connectivity index (χ0v) is 12.3. The van der Waals surface area contributed by atoms with Crippen LogP contribution in [0.5, 0.6) is 0 Å². The number of hydrogen-bond acceptors (Lipinski definition) is 4. The van der Waals surface area contributed by atoms with Crippen molar-refractivity contribution in [1.82, 2.24) is 20.1 Å². The standard InChI is InChI=1S/C15H14N4OS/c1-19-9-14(8-18-19)13-4-11(5-16-7-13)6-17-15(20)12-2-3-21-10-12/h2-5,7-10H,6H2,1H3,(H,17,20). The largest absolute Gasteiger partial charge is 0.348 e. The van der Waals surface area contributed by atoms with E-state index in [1.165, 1.54) is 11.3 Å². The van der Waals surface area contributed by atoms with Gasteiger partial charge in [0.05, 0.1) is 6.20 Å². The molecule has 0 saturated heterocycles. The first-order valence-electron chi connectivity index (χ1n) is 6.46. The van der Waals surface area contributed by atoms with E-state index >= 15 is 0 Å². The molecule has 5 nitrogen and oxygen atoms in total. The summed E-state index contributed by atoms with van der Waals surface area (Å²) in [5.41, 5.74) is 3.65. The minimum Gasteiger partial charge on any atom is -0.348 e. The van der Waals surface area contributed by atoms with Gasteiger partial charge < -0.3 is 5.32 Å². The number of nitrogens with one attached hydrogen (secondary N) is 1. The van der Waals surface area contributed by atoms with Crippen LogP contribution < -0.4 is 5.32 Å². The lowest BCUT2D eigenvalue weighted by Crippen LogP contribution is -2.22. The van der Waals surface area contributed by atoms with E-state index in [4.69, 9.17) is 0 Å². The molecular weight excluding hydrogens is 284 g/mol. The van der Waals surface area contributed by atoms with Gasteiger partial charge in [0.1, 0.15) is 0 Å². The first-order chi connectivity index (χ1) is 10.2. The van der Waals surface area contributed by atoms with Gasteiger partial charge in [0, 0.05) is 54.3 Å². The van der Waals surface area contributed by atoms with Crippen molar-refractivity contribution in [3.8, 4) is 11.1 Å². The average molecular weight is 298 g/mol. The van der Waals surface area contributed by atoms with Gasteiger partial charge >= 0.3 is 0 Å². The Morgan fingerprint density at radius 3 is 2.95 bits per heavy atom. The van der Waals surface area contributed by atoms with E-state index in [2.05, 4.69) is 15.4 Å². The SMILES string of the molecule is Cn1cc(-c2cncc(CNC(=O)c3ccsc3)c2)cn1. The van der Waals surface area contributed by atoms with Gasteiger partial charge in [-0.25, -0.2) is 0 Å². The van der Waals surface area contributed by atoms with Crippen molar-refractivity contribution >= 4 is 17.2 Å². The van der Waals surface area contributed by atoms with Gasteiger partial charge in [-0.1, -0.05) is 0 Å². The third-order valence-electron chi connectivity index (χ3n) is 3.07. The number of amides is 1. The zero-order valence-electron chi connectivity index (χ0n) is 11.5. The molecule has 0 aliphatic rings. The van der Waals surface area contributed by atoms with E-state index in [1.807, 2.05) is 36.1 Å². The van der Waals surface area contributed by atoms with Gasteiger partial charge in [-0.2, -0.15) is 16.4 Å². The Morgan fingerprint density at radius 1 is 1.33 bits per heavy atom. The Hall–Kier alpha value is -2.47. The Balaban J connectivity index is 1.70. The number of thiophene rings is 1. The molecule has 106 valence electrons. The van der Waals surface area contributed by atoms with Crippen molar-refractivity contribution in [2.75, 3.05) is 0 Å². The molecule has 3 rings (SSSR count). The van der Waals surface area contributed by atoms with Gasteiger partial charge in [0.25, 0.3) is 5.91 Å². The number of aromatic nitrogens is 3. The molecule has 0 saturated carbocycles. The first kappa shape index (κ1) is 13.5. The molecule has 6 heteroatoms. The summed E-state index contributed by atoms with van der Waals surface area (Å²) < 4.78 is 1.75. The van der Waals surface area contributed by atoms with Crippen LogP contribution in [-0.2, 0) is 13.6 Å². The number of aryl methyl sites for hydroxylation is 1. The fourth-order valence-electron chi connectivity index (χ4n) is 1.99. The summed E-state index contributed by atoms with van der Waals surface area (Å²) in [4.78, 5) is 16.1. The molecule has 21 heavy (non-hydrogen) atoms. The fraction of sp³-hybridized carbons (Fsp3) is 0.133. The number of carbonyl (C=O) groups is 1. The molecule has 0 aliphatic heterocycles. The van der Waals surface area contributed by atoms with Gasteiger partial charge in [-0.3, -0.25) is 14.5 Å². The van der Waals surface area contributed by atoms with Crippen molar-refractivity contribution < 1.29 is 4.79 Å². The molecule has 0 atom stereocenters. The van der Waals surface area contributed by atoms with Crippen molar-refractivity contribution in [1.29, 1.82) is 0 Å². The Morgan fingerprint density at radius 2 is 2.24 bits per heavy atom. The van der Waals surface area contributed by atoms with Crippen molar-refractivity contribution in [2.24, 2.45) is 7.05 Å². The van der Waals surface area contributed by atoms with Crippen LogP contribution in [0.15, 0.2) is 47.7 Å². The number of rotatable bonds is 4. The molecule has 0 unspecified atom stereocenters. The second-order valence-electron chi connectivity index (χ2n) is 4.68. The summed E-state index contributed by atoms with van der Waals surface area (Å²) >= 11 is 1.51. The minimum atomic E-state index is -0.0666. The number of nitrogens with zero attached hydrogens (tertiary/aromatic N) is 3. The van der Waals surface area contributed by atoms with Crippen molar-refractivity contribution in [3.05, 3.63) is 58.8 Å². The predicted octanol–water partition coefficient (Wildman–Crippen LogP) is 2.47. The molecule has 0 aliphatic carbocycles. The highest BCUT2D eigenvalue weighted by Gasteiger charge is 2.06. The lowest BCUT2D eigenvalue weighted by atomic mass is 10.1. The van der Waals surface area contributed by atoms with E-state index in [9.17, 15) is 4.79 Å². The Bertz CT molecular complexity index is 749. The highest BCUT2D eigenvalue weighted by atomic mass is 32.1. The van der Waals surface area contributed by atoms with Gasteiger partial charge in [0.15, 0.2) is 0 Å². The van der Waals surface area contributed by atoms with Crippen LogP contribution in [0.2, 0.25) is 0 Å². The Labute approximate surface area is 126 Å². The maximum Gasteiger partial charge on any atom is 0.252 e. The molecule has 1 amide bonds. The second kappa shape index (κ2) is 5.88. The van der Waals surface area contributed by atoms with Gasteiger partial charge in [0.2, 0.25) is 0 Å². The summed E-state index contributed by atoms with van der Waals surface area (Å²) in [5, 5.41) is 10.8. The van der Waals surface area contributed by atoms with Gasteiger partial charge in [-0.15, -0.1) is 0 Å². The quantitative estimate of drug-likeness (QED) is 0.805. The molecule has 0 fully saturated rings. The summed E-state index contributed by atoms with van der Waals surface area (Å²) in [6, 6.07) is 3.82. The number of hydrogen-bond donors (Lipinski definition) is 1. The zero-order chi connectivity index (χ0) is 14.7. The Kier molecular flexibility index (Phi) is 3.79. The normalized spacial score (nSPS) is 10.5. The maximum absolute atomic E-state index is 11.9. The first-order valence-corrected chi connectivity index (χ1v) is 7.40.